The Labute approximate surface area is 145 Å². The Morgan fingerprint density at radius 2 is 2.00 bits per heavy atom. The number of carboxylic acid groups (broad SMARTS) is 1. The number of carboxylic acids is 1. The average molecular weight is 354 g/mol. The molecule has 1 aromatic rings. The molecule has 0 atom stereocenters. The Hall–Kier alpha value is -2.09. The van der Waals surface area contributed by atoms with Crippen molar-refractivity contribution in [2.45, 2.75) is 49.7 Å². The molecule has 1 rings (SSSR count). The summed E-state index contributed by atoms with van der Waals surface area (Å²) in [6.45, 7) is 4.37. The molecule has 1 amide bonds. The molecule has 132 valence electrons. The third kappa shape index (κ3) is 6.99. The van der Waals surface area contributed by atoms with E-state index in [9.17, 15) is 19.7 Å². The van der Waals surface area contributed by atoms with Crippen molar-refractivity contribution in [1.82, 2.24) is 5.32 Å². The number of hydrogen-bond donors (Lipinski definition) is 2. The summed E-state index contributed by atoms with van der Waals surface area (Å²) in [6, 6.07) is 4.29. The van der Waals surface area contributed by atoms with E-state index in [0.717, 1.165) is 0 Å². The molecule has 0 heterocycles. The van der Waals surface area contributed by atoms with E-state index in [-0.39, 0.29) is 23.3 Å². The van der Waals surface area contributed by atoms with Crippen LogP contribution in [0.3, 0.4) is 0 Å². The zero-order chi connectivity index (χ0) is 18.1. The number of hydrogen-bond acceptors (Lipinski definition) is 5. The molecule has 0 aliphatic heterocycles. The van der Waals surface area contributed by atoms with Gasteiger partial charge in [0.15, 0.2) is 0 Å². The molecular formula is C16H22N2O5S. The van der Waals surface area contributed by atoms with Gasteiger partial charge in [0, 0.05) is 35.2 Å². The molecular weight excluding hydrogens is 332 g/mol. The number of thioether (sulfide) groups is 1. The first-order valence-corrected chi connectivity index (χ1v) is 8.64. The number of carbonyl (C=O) groups is 2. The fourth-order valence-electron chi connectivity index (χ4n) is 2.04. The van der Waals surface area contributed by atoms with E-state index in [1.807, 2.05) is 13.8 Å². The fraction of sp³-hybridized carbons (Fsp3) is 0.500. The van der Waals surface area contributed by atoms with Gasteiger partial charge in [-0.3, -0.25) is 19.7 Å². The molecule has 0 fully saturated rings. The molecule has 0 unspecified atom stereocenters. The Balaban J connectivity index is 2.67. The molecule has 0 aliphatic rings. The lowest BCUT2D eigenvalue weighted by Gasteiger charge is -2.11. The van der Waals surface area contributed by atoms with Gasteiger partial charge in [-0.2, -0.15) is 0 Å². The zero-order valence-corrected chi connectivity index (χ0v) is 14.6. The van der Waals surface area contributed by atoms with Crippen LogP contribution in [-0.4, -0.2) is 33.7 Å². The van der Waals surface area contributed by atoms with Gasteiger partial charge in [-0.15, -0.1) is 11.8 Å². The molecule has 7 nitrogen and oxygen atoms in total. The SMILES string of the molecule is CC(C)Sc1ccc([N+](=O)[O-])cc1C(=O)NCCCCCC(=O)O. The number of nitrogens with zero attached hydrogens (tertiary/aromatic N) is 1. The topological polar surface area (TPSA) is 110 Å². The van der Waals surface area contributed by atoms with Gasteiger partial charge in [-0.05, 0) is 18.9 Å². The van der Waals surface area contributed by atoms with Gasteiger partial charge in [0.2, 0.25) is 0 Å². The van der Waals surface area contributed by atoms with Crippen molar-refractivity contribution in [3.63, 3.8) is 0 Å². The molecule has 1 aromatic carbocycles. The minimum atomic E-state index is -0.828. The van der Waals surface area contributed by atoms with Crippen molar-refractivity contribution in [3.8, 4) is 0 Å². The lowest BCUT2D eigenvalue weighted by Crippen LogP contribution is -2.25. The molecule has 8 heteroatoms. The van der Waals surface area contributed by atoms with E-state index in [1.54, 1.807) is 6.07 Å². The number of carbonyl (C=O) groups excluding carboxylic acids is 1. The Bertz CT molecular complexity index is 604. The minimum Gasteiger partial charge on any atom is -0.481 e. The highest BCUT2D eigenvalue weighted by Gasteiger charge is 2.17. The van der Waals surface area contributed by atoms with Crippen molar-refractivity contribution < 1.29 is 19.6 Å². The van der Waals surface area contributed by atoms with Crippen LogP contribution in [0.2, 0.25) is 0 Å². The number of aliphatic carboxylic acids is 1. The van der Waals surface area contributed by atoms with Crippen LogP contribution in [0, 0.1) is 10.1 Å². The van der Waals surface area contributed by atoms with Gasteiger partial charge >= 0.3 is 5.97 Å². The molecule has 2 N–H and O–H groups in total. The number of unbranched alkanes of at least 4 members (excludes halogenated alkanes) is 2. The number of rotatable bonds is 10. The van der Waals surface area contributed by atoms with Gasteiger partial charge in [0.25, 0.3) is 11.6 Å². The summed E-state index contributed by atoms with van der Waals surface area (Å²) in [5, 5.41) is 22.5. The largest absolute Gasteiger partial charge is 0.481 e. The predicted molar refractivity (Wildman–Crippen MR) is 92.5 cm³/mol. The zero-order valence-electron chi connectivity index (χ0n) is 13.8. The van der Waals surface area contributed by atoms with Gasteiger partial charge in [-0.1, -0.05) is 20.3 Å². The van der Waals surface area contributed by atoms with E-state index in [1.165, 1.54) is 23.9 Å². The second-order valence-corrected chi connectivity index (χ2v) is 7.18. The normalized spacial score (nSPS) is 10.6. The second-order valence-electron chi connectivity index (χ2n) is 5.56. The summed E-state index contributed by atoms with van der Waals surface area (Å²) < 4.78 is 0. The summed E-state index contributed by atoms with van der Waals surface area (Å²) in [5.74, 6) is -1.17. The first kappa shape index (κ1) is 20.0. The van der Waals surface area contributed by atoms with E-state index < -0.39 is 10.9 Å². The standard InChI is InChI=1S/C16H22N2O5S/c1-11(2)24-14-8-7-12(18(22)23)10-13(14)16(21)17-9-5-3-4-6-15(19)20/h7-8,10-11H,3-6,9H2,1-2H3,(H,17,21)(H,19,20). The highest BCUT2D eigenvalue weighted by molar-refractivity contribution is 8.00. The first-order chi connectivity index (χ1) is 11.3. The highest BCUT2D eigenvalue weighted by Crippen LogP contribution is 2.29. The van der Waals surface area contributed by atoms with Crippen molar-refractivity contribution in [1.29, 1.82) is 0 Å². The number of amides is 1. The van der Waals surface area contributed by atoms with Crippen LogP contribution >= 0.6 is 11.8 Å². The maximum absolute atomic E-state index is 12.3. The summed E-state index contributed by atoms with van der Waals surface area (Å²) in [5.41, 5.74) is 0.183. The molecule has 0 bridgehead atoms. The maximum atomic E-state index is 12.3. The summed E-state index contributed by atoms with van der Waals surface area (Å²) >= 11 is 1.48. The van der Waals surface area contributed by atoms with Crippen LogP contribution in [0.1, 0.15) is 49.9 Å². The molecule has 24 heavy (non-hydrogen) atoms. The monoisotopic (exact) mass is 354 g/mol. The predicted octanol–water partition coefficient (Wildman–Crippen LogP) is 3.47. The maximum Gasteiger partial charge on any atom is 0.303 e. The molecule has 0 saturated carbocycles. The third-order valence-electron chi connectivity index (χ3n) is 3.13. The van der Waals surface area contributed by atoms with Crippen LogP contribution in [0.4, 0.5) is 5.69 Å². The van der Waals surface area contributed by atoms with E-state index >= 15 is 0 Å². The lowest BCUT2D eigenvalue weighted by molar-refractivity contribution is -0.384. The number of benzene rings is 1. The van der Waals surface area contributed by atoms with E-state index in [4.69, 9.17) is 5.11 Å². The van der Waals surface area contributed by atoms with Crippen molar-refractivity contribution in [3.05, 3.63) is 33.9 Å². The Morgan fingerprint density at radius 3 is 2.58 bits per heavy atom. The Morgan fingerprint density at radius 1 is 1.29 bits per heavy atom. The van der Waals surface area contributed by atoms with Gasteiger partial charge in [-0.25, -0.2) is 0 Å². The van der Waals surface area contributed by atoms with Crippen LogP contribution in [0.15, 0.2) is 23.1 Å². The smallest absolute Gasteiger partial charge is 0.303 e. The van der Waals surface area contributed by atoms with Crippen molar-refractivity contribution in [2.75, 3.05) is 6.54 Å². The second kappa shape index (κ2) is 9.92. The summed E-state index contributed by atoms with van der Waals surface area (Å²) in [4.78, 5) is 33.8. The van der Waals surface area contributed by atoms with Gasteiger partial charge in [0.05, 0.1) is 10.5 Å². The van der Waals surface area contributed by atoms with Gasteiger partial charge < -0.3 is 10.4 Å². The van der Waals surface area contributed by atoms with Crippen LogP contribution in [-0.2, 0) is 4.79 Å². The first-order valence-electron chi connectivity index (χ1n) is 7.76. The van der Waals surface area contributed by atoms with E-state index in [0.29, 0.717) is 36.3 Å². The van der Waals surface area contributed by atoms with E-state index in [2.05, 4.69) is 5.32 Å². The number of nitro benzene ring substituents is 1. The minimum absolute atomic E-state index is 0.116. The molecule has 0 aromatic heterocycles. The van der Waals surface area contributed by atoms with Crippen LogP contribution in [0.25, 0.3) is 0 Å². The lowest BCUT2D eigenvalue weighted by atomic mass is 10.1. The van der Waals surface area contributed by atoms with Crippen LogP contribution in [0.5, 0.6) is 0 Å². The number of nitrogens with one attached hydrogen (secondary N) is 1. The van der Waals surface area contributed by atoms with Crippen molar-refractivity contribution >= 4 is 29.3 Å². The van der Waals surface area contributed by atoms with Crippen molar-refractivity contribution in [2.24, 2.45) is 0 Å². The average Bonchev–Trinajstić information content (AvgIpc) is 2.49. The molecule has 0 aliphatic carbocycles. The quantitative estimate of drug-likeness (QED) is 0.288. The molecule has 0 saturated heterocycles. The fourth-order valence-corrected chi connectivity index (χ4v) is 2.97. The summed E-state index contributed by atoms with van der Waals surface area (Å²) in [7, 11) is 0. The highest BCUT2D eigenvalue weighted by atomic mass is 32.2. The summed E-state index contributed by atoms with van der Waals surface area (Å²) in [6.07, 6.45) is 2.06. The number of nitro groups is 1. The molecule has 0 radical (unpaired) electrons. The third-order valence-corrected chi connectivity index (χ3v) is 4.22. The number of non-ortho nitro benzene ring substituents is 1. The Kier molecular flexibility index (Phi) is 8.25. The molecule has 0 spiro atoms. The van der Waals surface area contributed by atoms with Crippen LogP contribution < -0.4 is 5.32 Å². The van der Waals surface area contributed by atoms with Gasteiger partial charge in [0.1, 0.15) is 0 Å².